The van der Waals surface area contributed by atoms with Crippen molar-refractivity contribution < 1.29 is 4.74 Å². The highest BCUT2D eigenvalue weighted by molar-refractivity contribution is 9.09. The van der Waals surface area contributed by atoms with Gasteiger partial charge in [-0.2, -0.15) is 0 Å². The maximum atomic E-state index is 5.42. The van der Waals surface area contributed by atoms with Gasteiger partial charge in [-0.3, -0.25) is 0 Å². The highest BCUT2D eigenvalue weighted by Crippen LogP contribution is 2.36. The zero-order valence-corrected chi connectivity index (χ0v) is 10.6. The Morgan fingerprint density at radius 1 is 1.38 bits per heavy atom. The van der Waals surface area contributed by atoms with E-state index in [1.165, 1.54) is 32.1 Å². The lowest BCUT2D eigenvalue weighted by atomic mass is 9.94. The van der Waals surface area contributed by atoms with Crippen LogP contribution in [0.25, 0.3) is 0 Å². The second-order valence-electron chi connectivity index (χ2n) is 4.71. The van der Waals surface area contributed by atoms with Gasteiger partial charge in [-0.15, -0.1) is 0 Å². The Balaban J connectivity index is 2.25. The molecule has 0 bridgehead atoms. The number of hydrogen-bond donors (Lipinski definition) is 0. The fourth-order valence-electron chi connectivity index (χ4n) is 1.95. The number of hydrogen-bond acceptors (Lipinski definition) is 1. The van der Waals surface area contributed by atoms with Crippen LogP contribution in [0.5, 0.6) is 0 Å². The van der Waals surface area contributed by atoms with Gasteiger partial charge in [0.15, 0.2) is 0 Å². The highest BCUT2D eigenvalue weighted by Gasteiger charge is 2.27. The van der Waals surface area contributed by atoms with Crippen LogP contribution in [0.2, 0.25) is 0 Å². The molecule has 0 spiro atoms. The summed E-state index contributed by atoms with van der Waals surface area (Å²) in [7, 11) is 1.81. The minimum atomic E-state index is 0.0648. The van der Waals surface area contributed by atoms with Crippen molar-refractivity contribution in [3.05, 3.63) is 0 Å². The largest absolute Gasteiger partial charge is 0.379 e. The maximum Gasteiger partial charge on any atom is 0.0622 e. The van der Waals surface area contributed by atoms with E-state index < -0.39 is 0 Å². The van der Waals surface area contributed by atoms with Gasteiger partial charge in [0.05, 0.1) is 5.60 Å². The van der Waals surface area contributed by atoms with Crippen molar-refractivity contribution in [2.45, 2.75) is 56.4 Å². The fourth-order valence-corrected chi connectivity index (χ4v) is 2.80. The van der Waals surface area contributed by atoms with E-state index in [2.05, 4.69) is 29.8 Å². The van der Waals surface area contributed by atoms with Crippen LogP contribution >= 0.6 is 15.9 Å². The summed E-state index contributed by atoms with van der Waals surface area (Å²) in [5, 5.41) is 0. The van der Waals surface area contributed by atoms with E-state index in [1.54, 1.807) is 7.11 Å². The number of ether oxygens (including phenoxy) is 1. The molecule has 1 aliphatic carbocycles. The van der Waals surface area contributed by atoms with Gasteiger partial charge in [-0.1, -0.05) is 22.4 Å². The zero-order chi connectivity index (χ0) is 9.90. The summed E-state index contributed by atoms with van der Waals surface area (Å²) >= 11 is 3.75. The van der Waals surface area contributed by atoms with Crippen LogP contribution in [0, 0.1) is 5.92 Å². The molecule has 0 aromatic rings. The first kappa shape index (κ1) is 11.5. The van der Waals surface area contributed by atoms with Crippen LogP contribution in [-0.2, 0) is 4.74 Å². The molecule has 2 atom stereocenters. The molecule has 0 aliphatic heterocycles. The molecule has 0 aromatic heterocycles. The zero-order valence-electron chi connectivity index (χ0n) is 8.98. The Labute approximate surface area is 90.4 Å². The molecule has 0 radical (unpaired) electrons. The van der Waals surface area contributed by atoms with E-state index in [-0.39, 0.29) is 5.60 Å². The smallest absolute Gasteiger partial charge is 0.0622 e. The molecule has 1 fully saturated rings. The molecule has 1 nitrogen and oxygen atoms in total. The van der Waals surface area contributed by atoms with E-state index in [1.807, 2.05) is 0 Å². The van der Waals surface area contributed by atoms with E-state index in [0.717, 1.165) is 10.7 Å². The van der Waals surface area contributed by atoms with Crippen molar-refractivity contribution in [1.82, 2.24) is 0 Å². The second-order valence-corrected chi connectivity index (χ2v) is 5.89. The fraction of sp³-hybridized carbons (Fsp3) is 1.00. The average molecular weight is 249 g/mol. The average Bonchev–Trinajstić information content (AvgIpc) is 2.48. The van der Waals surface area contributed by atoms with Crippen LogP contribution in [-0.4, -0.2) is 17.5 Å². The summed E-state index contributed by atoms with van der Waals surface area (Å²) < 4.78 is 5.42. The highest BCUT2D eigenvalue weighted by atomic mass is 79.9. The van der Waals surface area contributed by atoms with Crippen LogP contribution < -0.4 is 0 Å². The van der Waals surface area contributed by atoms with Gasteiger partial charge in [-0.25, -0.2) is 0 Å². The Morgan fingerprint density at radius 2 is 2.08 bits per heavy atom. The standard InChI is InChI=1S/C11H21BrO/c1-11(2,13-3)8-7-9-5-4-6-10(9)12/h9-10H,4-8H2,1-3H3. The molecule has 1 aliphatic rings. The van der Waals surface area contributed by atoms with Crippen molar-refractivity contribution >= 4 is 15.9 Å². The first-order valence-corrected chi connectivity index (χ1v) is 6.16. The second kappa shape index (κ2) is 4.79. The third-order valence-electron chi connectivity index (χ3n) is 3.24. The molecule has 2 heteroatoms. The lowest BCUT2D eigenvalue weighted by Crippen LogP contribution is -2.24. The third-order valence-corrected chi connectivity index (χ3v) is 4.44. The first-order valence-electron chi connectivity index (χ1n) is 5.24. The lowest BCUT2D eigenvalue weighted by molar-refractivity contribution is 0.0107. The normalized spacial score (nSPS) is 29.5. The van der Waals surface area contributed by atoms with Crippen molar-refractivity contribution in [2.24, 2.45) is 5.92 Å². The molecule has 0 heterocycles. The number of halogens is 1. The van der Waals surface area contributed by atoms with Gasteiger partial charge in [0.1, 0.15) is 0 Å². The summed E-state index contributed by atoms with van der Waals surface area (Å²) in [5.74, 6) is 0.884. The van der Waals surface area contributed by atoms with Crippen LogP contribution in [0.4, 0.5) is 0 Å². The Bertz CT molecular complexity index is 156. The summed E-state index contributed by atoms with van der Waals surface area (Å²) in [5.41, 5.74) is 0.0648. The van der Waals surface area contributed by atoms with E-state index in [9.17, 15) is 0 Å². The summed E-state index contributed by atoms with van der Waals surface area (Å²) in [6.07, 6.45) is 6.63. The Kier molecular flexibility index (Phi) is 4.24. The van der Waals surface area contributed by atoms with Crippen LogP contribution in [0.1, 0.15) is 46.0 Å². The maximum absolute atomic E-state index is 5.42. The molecular formula is C11H21BrO. The number of methoxy groups -OCH3 is 1. The minimum absolute atomic E-state index is 0.0648. The quantitative estimate of drug-likeness (QED) is 0.689. The summed E-state index contributed by atoms with van der Waals surface area (Å²) in [4.78, 5) is 0.764. The summed E-state index contributed by atoms with van der Waals surface area (Å²) in [6.45, 7) is 4.34. The van der Waals surface area contributed by atoms with Gasteiger partial charge in [0.25, 0.3) is 0 Å². The van der Waals surface area contributed by atoms with Crippen molar-refractivity contribution in [3.63, 3.8) is 0 Å². The number of alkyl halides is 1. The lowest BCUT2D eigenvalue weighted by Gasteiger charge is -2.25. The molecule has 1 saturated carbocycles. The molecule has 0 aromatic carbocycles. The third kappa shape index (κ3) is 3.59. The molecule has 78 valence electrons. The monoisotopic (exact) mass is 248 g/mol. The molecule has 13 heavy (non-hydrogen) atoms. The van der Waals surface area contributed by atoms with Gasteiger partial charge in [-0.05, 0) is 45.4 Å². The topological polar surface area (TPSA) is 9.23 Å². The molecule has 0 amide bonds. The van der Waals surface area contributed by atoms with Crippen LogP contribution in [0.15, 0.2) is 0 Å². The molecule has 0 N–H and O–H groups in total. The van der Waals surface area contributed by atoms with Gasteiger partial charge >= 0.3 is 0 Å². The van der Waals surface area contributed by atoms with Gasteiger partial charge in [0.2, 0.25) is 0 Å². The molecule has 1 rings (SSSR count). The van der Waals surface area contributed by atoms with Crippen LogP contribution in [0.3, 0.4) is 0 Å². The molecule has 0 saturated heterocycles. The summed E-state index contributed by atoms with van der Waals surface area (Å²) in [6, 6.07) is 0. The predicted octanol–water partition coefficient (Wildman–Crippen LogP) is 3.76. The van der Waals surface area contributed by atoms with Gasteiger partial charge < -0.3 is 4.74 Å². The van der Waals surface area contributed by atoms with E-state index in [4.69, 9.17) is 4.74 Å². The van der Waals surface area contributed by atoms with Crippen molar-refractivity contribution in [2.75, 3.05) is 7.11 Å². The Hall–Kier alpha value is 0.440. The van der Waals surface area contributed by atoms with E-state index in [0.29, 0.717) is 0 Å². The SMILES string of the molecule is COC(C)(C)CCC1CCCC1Br. The number of rotatable bonds is 4. The van der Waals surface area contributed by atoms with Crippen molar-refractivity contribution in [3.8, 4) is 0 Å². The Morgan fingerprint density at radius 3 is 2.54 bits per heavy atom. The molecule has 2 unspecified atom stereocenters. The van der Waals surface area contributed by atoms with E-state index >= 15 is 0 Å². The molecular weight excluding hydrogens is 228 g/mol. The van der Waals surface area contributed by atoms with Gasteiger partial charge in [0, 0.05) is 11.9 Å². The van der Waals surface area contributed by atoms with Crippen molar-refractivity contribution in [1.29, 1.82) is 0 Å². The first-order chi connectivity index (χ1) is 6.05. The minimum Gasteiger partial charge on any atom is -0.379 e. The predicted molar refractivity (Wildman–Crippen MR) is 60.4 cm³/mol.